The first kappa shape index (κ1) is 22.4. The lowest BCUT2D eigenvalue weighted by atomic mass is 10.1. The molecule has 0 radical (unpaired) electrons. The molecule has 170 valence electrons. The van der Waals surface area contributed by atoms with Crippen molar-refractivity contribution < 1.29 is 19.4 Å². The Labute approximate surface area is 189 Å². The molecule has 1 saturated heterocycles. The molecule has 0 bridgehead atoms. The number of nitrogens with one attached hydrogen (secondary N) is 1. The number of thiazole rings is 1. The summed E-state index contributed by atoms with van der Waals surface area (Å²) in [6.45, 7) is 6.57. The van der Waals surface area contributed by atoms with E-state index in [2.05, 4.69) is 15.3 Å². The van der Waals surface area contributed by atoms with Crippen LogP contribution in [0.1, 0.15) is 31.1 Å². The van der Waals surface area contributed by atoms with E-state index in [1.54, 1.807) is 9.80 Å². The molecule has 2 amide bonds. The van der Waals surface area contributed by atoms with Crippen molar-refractivity contribution in [3.05, 3.63) is 47.4 Å². The number of nitrogens with zero attached hydrogens (tertiary/aromatic N) is 4. The molecule has 1 aromatic carbocycles. The molecule has 32 heavy (non-hydrogen) atoms. The van der Waals surface area contributed by atoms with Crippen molar-refractivity contribution in [1.82, 2.24) is 14.9 Å². The van der Waals surface area contributed by atoms with E-state index in [1.165, 1.54) is 30.5 Å². The molecule has 0 aliphatic carbocycles. The molecule has 1 fully saturated rings. The van der Waals surface area contributed by atoms with Gasteiger partial charge in [-0.3, -0.25) is 5.32 Å². The van der Waals surface area contributed by atoms with E-state index in [4.69, 9.17) is 0 Å². The number of amides is 2. The van der Waals surface area contributed by atoms with Crippen LogP contribution >= 0.6 is 11.3 Å². The minimum atomic E-state index is -1.20. The van der Waals surface area contributed by atoms with Gasteiger partial charge in [0.1, 0.15) is 6.10 Å². The van der Waals surface area contributed by atoms with Crippen LogP contribution in [0.25, 0.3) is 10.2 Å². The summed E-state index contributed by atoms with van der Waals surface area (Å²) in [6.07, 6.45) is -0.852. The number of urea groups is 1. The molecule has 8 nitrogen and oxygen atoms in total. The van der Waals surface area contributed by atoms with Gasteiger partial charge in [0.15, 0.2) is 16.8 Å². The van der Waals surface area contributed by atoms with Gasteiger partial charge in [0.25, 0.3) is 0 Å². The summed E-state index contributed by atoms with van der Waals surface area (Å²) in [5, 5.41) is 22.8. The van der Waals surface area contributed by atoms with Gasteiger partial charge in [-0.2, -0.15) is 0 Å². The fourth-order valence-corrected chi connectivity index (χ4v) is 4.77. The minimum absolute atomic E-state index is 0.167. The monoisotopic (exact) mass is 459 g/mol. The van der Waals surface area contributed by atoms with Crippen molar-refractivity contribution in [2.45, 2.75) is 39.0 Å². The number of aliphatic hydroxyl groups is 2. The highest BCUT2D eigenvalue weighted by Crippen LogP contribution is 2.28. The van der Waals surface area contributed by atoms with Gasteiger partial charge in [0.2, 0.25) is 0 Å². The molecule has 3 heterocycles. The number of carbonyl (C=O) groups is 1. The summed E-state index contributed by atoms with van der Waals surface area (Å²) in [7, 11) is 0. The second-order valence-corrected chi connectivity index (χ2v) is 9.20. The minimum Gasteiger partial charge on any atom is -0.390 e. The maximum atomic E-state index is 14.7. The fourth-order valence-electron chi connectivity index (χ4n) is 3.82. The zero-order chi connectivity index (χ0) is 23.0. The average Bonchev–Trinajstić information content (AvgIpc) is 3.14. The summed E-state index contributed by atoms with van der Waals surface area (Å²) in [5.41, 5.74) is 2.20. The molecule has 10 heteroatoms. The number of carbonyl (C=O) groups excluding carboxylic acids is 1. The normalized spacial score (nSPS) is 18.6. The van der Waals surface area contributed by atoms with Gasteiger partial charge in [0.05, 0.1) is 16.3 Å². The molecule has 0 spiro atoms. The van der Waals surface area contributed by atoms with Gasteiger partial charge >= 0.3 is 6.03 Å². The van der Waals surface area contributed by atoms with Crippen LogP contribution in [0.5, 0.6) is 0 Å². The lowest BCUT2D eigenvalue weighted by Gasteiger charge is -2.40. The van der Waals surface area contributed by atoms with Gasteiger partial charge in [0, 0.05) is 37.4 Å². The molecule has 1 aliphatic rings. The number of hydrogen-bond acceptors (Lipinski definition) is 7. The zero-order valence-electron chi connectivity index (χ0n) is 18.1. The number of anilines is 2. The molecule has 3 atom stereocenters. The Morgan fingerprint density at radius 2 is 2.09 bits per heavy atom. The second kappa shape index (κ2) is 8.97. The Kier molecular flexibility index (Phi) is 6.27. The van der Waals surface area contributed by atoms with E-state index in [-0.39, 0.29) is 23.5 Å². The first-order valence-electron chi connectivity index (χ1n) is 10.4. The molecule has 1 aliphatic heterocycles. The quantitative estimate of drug-likeness (QED) is 0.553. The van der Waals surface area contributed by atoms with Crippen molar-refractivity contribution >= 4 is 38.5 Å². The number of rotatable bonds is 4. The number of halogens is 1. The van der Waals surface area contributed by atoms with Crippen LogP contribution < -0.4 is 10.2 Å². The van der Waals surface area contributed by atoms with E-state index in [1.807, 2.05) is 32.0 Å². The van der Waals surface area contributed by atoms with Crippen molar-refractivity contribution in [3.8, 4) is 0 Å². The van der Waals surface area contributed by atoms with Gasteiger partial charge in [-0.25, -0.2) is 19.2 Å². The summed E-state index contributed by atoms with van der Waals surface area (Å²) >= 11 is 1.43. The first-order valence-corrected chi connectivity index (χ1v) is 11.3. The molecule has 3 aromatic rings. The topological polar surface area (TPSA) is 102 Å². The maximum Gasteiger partial charge on any atom is 0.324 e. The summed E-state index contributed by atoms with van der Waals surface area (Å²) in [5.74, 6) is -0.405. The first-order chi connectivity index (χ1) is 15.2. The molecule has 3 N–H and O–H groups in total. The predicted octanol–water partition coefficient (Wildman–Crippen LogP) is 3.30. The van der Waals surface area contributed by atoms with Crippen LogP contribution in [-0.2, 0) is 0 Å². The van der Waals surface area contributed by atoms with Crippen LogP contribution in [0.3, 0.4) is 0 Å². The Balaban J connectivity index is 1.42. The Morgan fingerprint density at radius 1 is 1.31 bits per heavy atom. The molecule has 4 rings (SSSR count). The highest BCUT2D eigenvalue weighted by atomic mass is 32.1. The van der Waals surface area contributed by atoms with Gasteiger partial charge in [-0.15, -0.1) is 0 Å². The number of hydrogen-bond donors (Lipinski definition) is 3. The third-order valence-electron chi connectivity index (χ3n) is 5.59. The van der Waals surface area contributed by atoms with Gasteiger partial charge in [-0.1, -0.05) is 17.4 Å². The molecule has 0 unspecified atom stereocenters. The van der Waals surface area contributed by atoms with Crippen molar-refractivity contribution in [2.75, 3.05) is 29.9 Å². The molecule has 2 aromatic heterocycles. The molecule has 0 saturated carbocycles. The Morgan fingerprint density at radius 3 is 2.78 bits per heavy atom. The van der Waals surface area contributed by atoms with Crippen molar-refractivity contribution in [2.24, 2.45) is 0 Å². The van der Waals surface area contributed by atoms with E-state index in [9.17, 15) is 19.4 Å². The van der Waals surface area contributed by atoms with Crippen molar-refractivity contribution in [1.29, 1.82) is 0 Å². The largest absolute Gasteiger partial charge is 0.390 e. The van der Waals surface area contributed by atoms with Crippen LogP contribution in [-0.4, -0.2) is 62.9 Å². The number of benzene rings is 1. The fraction of sp³-hybridized carbons (Fsp3) is 0.409. The molecular formula is C22H26FN5O3S. The predicted molar refractivity (Wildman–Crippen MR) is 123 cm³/mol. The molecular weight excluding hydrogens is 433 g/mol. The summed E-state index contributed by atoms with van der Waals surface area (Å²) < 4.78 is 15.7. The third-order valence-corrected chi connectivity index (χ3v) is 6.52. The maximum absolute atomic E-state index is 14.7. The van der Waals surface area contributed by atoms with E-state index < -0.39 is 18.0 Å². The third kappa shape index (κ3) is 4.52. The number of aliphatic hydroxyl groups excluding tert-OH is 2. The van der Waals surface area contributed by atoms with E-state index in [0.29, 0.717) is 24.8 Å². The van der Waals surface area contributed by atoms with Crippen LogP contribution in [0.2, 0.25) is 0 Å². The van der Waals surface area contributed by atoms with E-state index in [0.717, 1.165) is 15.8 Å². The number of aryl methyl sites for hydroxylation is 1. The number of fused-ring (bicyclic) bond motifs is 1. The smallest absolute Gasteiger partial charge is 0.324 e. The SMILES string of the molecule is Cc1ccc2nc(NC(=O)N3CCN(c4ncc([C@H](O)[C@H](C)O)cc4F)C[C@@H]3C)sc2c1. The highest BCUT2D eigenvalue weighted by molar-refractivity contribution is 7.22. The summed E-state index contributed by atoms with van der Waals surface area (Å²) in [6, 6.07) is 6.74. The number of pyridine rings is 1. The number of piperazine rings is 1. The van der Waals surface area contributed by atoms with Gasteiger partial charge in [-0.05, 0) is 44.5 Å². The lowest BCUT2D eigenvalue weighted by Crippen LogP contribution is -2.55. The Hall–Kier alpha value is -2.82. The second-order valence-electron chi connectivity index (χ2n) is 8.17. The lowest BCUT2D eigenvalue weighted by molar-refractivity contribution is 0.0301. The highest BCUT2D eigenvalue weighted by Gasteiger charge is 2.30. The van der Waals surface area contributed by atoms with Crippen LogP contribution in [0.4, 0.5) is 20.1 Å². The van der Waals surface area contributed by atoms with E-state index >= 15 is 0 Å². The number of aromatic nitrogens is 2. The van der Waals surface area contributed by atoms with Gasteiger partial charge < -0.3 is 20.0 Å². The van der Waals surface area contributed by atoms with Crippen LogP contribution in [0.15, 0.2) is 30.5 Å². The Bertz CT molecular complexity index is 1140. The average molecular weight is 460 g/mol. The van der Waals surface area contributed by atoms with Crippen molar-refractivity contribution in [3.63, 3.8) is 0 Å². The van der Waals surface area contributed by atoms with Crippen LogP contribution in [0, 0.1) is 12.7 Å². The standard InChI is InChI=1S/C22H26FN5O3S/c1-12-4-5-17-18(8-12)32-21(25-17)26-22(31)28-7-6-27(11-13(28)2)20-16(23)9-15(10-24-20)19(30)14(3)29/h4-5,8-10,13-14,19,29-30H,6-7,11H2,1-3H3,(H,25,26,31)/t13-,14-,19+/m0/s1. The zero-order valence-corrected chi connectivity index (χ0v) is 18.9. The summed E-state index contributed by atoms with van der Waals surface area (Å²) in [4.78, 5) is 25.0.